The van der Waals surface area contributed by atoms with Crippen LogP contribution < -0.4 is 10.6 Å². The van der Waals surface area contributed by atoms with E-state index >= 15 is 0 Å². The van der Waals surface area contributed by atoms with Crippen LogP contribution in [-0.4, -0.2) is 63.4 Å². The van der Waals surface area contributed by atoms with Gasteiger partial charge in [-0.05, 0) is 96.5 Å². The maximum atomic E-state index is 13.3. The third-order valence-electron chi connectivity index (χ3n) is 7.18. The van der Waals surface area contributed by atoms with Crippen molar-refractivity contribution in [3.63, 3.8) is 0 Å². The molecule has 0 saturated heterocycles. The highest BCUT2D eigenvalue weighted by Gasteiger charge is 2.27. The quantitative estimate of drug-likeness (QED) is 0.169. The lowest BCUT2D eigenvalue weighted by Crippen LogP contribution is -2.37. The molecule has 0 aliphatic heterocycles. The van der Waals surface area contributed by atoms with Gasteiger partial charge in [-0.15, -0.1) is 0 Å². The molecule has 48 heavy (non-hydrogen) atoms. The van der Waals surface area contributed by atoms with Crippen molar-refractivity contribution >= 4 is 43.2 Å². The van der Waals surface area contributed by atoms with Gasteiger partial charge in [0.05, 0.1) is 9.79 Å². The summed E-state index contributed by atoms with van der Waals surface area (Å²) < 4.78 is 56.1. The standard InChI is InChI=1S/C36H50N4O6S2/c1-25(2)21-39(22-26(3)4)47(43,44)33-17-9-29(10-18-33)35(41)37-31-13-15-32(16-14-31)38-36(42)30-11-19-34(20-12-30)48(45,46)40(23-27(5)6)24-28(7)8/h9-20,25-28H,21-24H2,1-8H3,(H,37,41)(H,38,42). The number of amides is 2. The molecule has 0 heterocycles. The van der Waals surface area contributed by atoms with Gasteiger partial charge in [0, 0.05) is 48.7 Å². The molecule has 10 nitrogen and oxygen atoms in total. The van der Waals surface area contributed by atoms with Crippen molar-refractivity contribution in [1.29, 1.82) is 0 Å². The molecular weight excluding hydrogens is 649 g/mol. The molecule has 2 amide bonds. The summed E-state index contributed by atoms with van der Waals surface area (Å²) in [5.74, 6) is -0.148. The van der Waals surface area contributed by atoms with Gasteiger partial charge < -0.3 is 10.6 Å². The number of nitrogens with one attached hydrogen (secondary N) is 2. The van der Waals surface area contributed by atoms with Crippen LogP contribution in [-0.2, 0) is 20.0 Å². The monoisotopic (exact) mass is 698 g/mol. The lowest BCUT2D eigenvalue weighted by molar-refractivity contribution is 0.101. The van der Waals surface area contributed by atoms with Crippen LogP contribution in [0.4, 0.5) is 11.4 Å². The number of nitrogens with zero attached hydrogens (tertiary/aromatic N) is 2. The van der Waals surface area contributed by atoms with Crippen LogP contribution in [0.5, 0.6) is 0 Å². The van der Waals surface area contributed by atoms with Crippen LogP contribution in [0.3, 0.4) is 0 Å². The summed E-state index contributed by atoms with van der Waals surface area (Å²) in [5.41, 5.74) is 1.56. The summed E-state index contributed by atoms with van der Waals surface area (Å²) in [6.07, 6.45) is 0. The van der Waals surface area contributed by atoms with Crippen LogP contribution >= 0.6 is 0 Å². The van der Waals surface area contributed by atoms with Gasteiger partial charge in [-0.2, -0.15) is 8.61 Å². The number of hydrogen-bond donors (Lipinski definition) is 2. The van der Waals surface area contributed by atoms with Crippen molar-refractivity contribution in [3.05, 3.63) is 83.9 Å². The Morgan fingerprint density at radius 1 is 0.479 bits per heavy atom. The summed E-state index contributed by atoms with van der Waals surface area (Å²) >= 11 is 0. The Labute approximate surface area is 287 Å². The van der Waals surface area contributed by atoms with Crippen LogP contribution in [0.15, 0.2) is 82.6 Å². The zero-order chi connectivity index (χ0) is 35.8. The third kappa shape index (κ3) is 10.7. The Morgan fingerprint density at radius 2 is 0.729 bits per heavy atom. The van der Waals surface area contributed by atoms with E-state index in [1.54, 1.807) is 24.3 Å². The van der Waals surface area contributed by atoms with Gasteiger partial charge in [0.15, 0.2) is 0 Å². The van der Waals surface area contributed by atoms with E-state index in [4.69, 9.17) is 0 Å². The molecular formula is C36H50N4O6S2. The van der Waals surface area contributed by atoms with E-state index < -0.39 is 31.9 Å². The lowest BCUT2D eigenvalue weighted by Gasteiger charge is -2.25. The molecule has 0 aliphatic rings. The molecule has 0 saturated carbocycles. The van der Waals surface area contributed by atoms with Gasteiger partial charge in [0.25, 0.3) is 11.8 Å². The highest BCUT2D eigenvalue weighted by molar-refractivity contribution is 7.89. The molecule has 2 N–H and O–H groups in total. The molecule has 0 spiro atoms. The minimum atomic E-state index is -3.71. The van der Waals surface area contributed by atoms with Crippen molar-refractivity contribution in [3.8, 4) is 0 Å². The highest BCUT2D eigenvalue weighted by Crippen LogP contribution is 2.22. The van der Waals surface area contributed by atoms with Crippen LogP contribution in [0.2, 0.25) is 0 Å². The average Bonchev–Trinajstić information content (AvgIpc) is 3.00. The third-order valence-corrected chi connectivity index (χ3v) is 10.9. The van der Waals surface area contributed by atoms with E-state index in [0.29, 0.717) is 48.7 Å². The fourth-order valence-corrected chi connectivity index (χ4v) is 8.60. The molecule has 3 aromatic rings. The number of benzene rings is 3. The van der Waals surface area contributed by atoms with Crippen molar-refractivity contribution in [2.45, 2.75) is 65.2 Å². The summed E-state index contributed by atoms with van der Waals surface area (Å²) in [7, 11) is -7.42. The van der Waals surface area contributed by atoms with Gasteiger partial charge in [-0.25, -0.2) is 16.8 Å². The maximum absolute atomic E-state index is 13.3. The molecule has 0 fully saturated rings. The number of anilines is 2. The molecule has 262 valence electrons. The molecule has 0 unspecified atom stereocenters. The first-order valence-electron chi connectivity index (χ1n) is 16.3. The average molecular weight is 699 g/mol. The lowest BCUT2D eigenvalue weighted by atomic mass is 10.2. The first kappa shape index (κ1) is 38.9. The molecule has 0 atom stereocenters. The van der Waals surface area contributed by atoms with Crippen LogP contribution in [0, 0.1) is 23.7 Å². The Bertz CT molecular complexity index is 1580. The molecule has 0 aromatic heterocycles. The maximum Gasteiger partial charge on any atom is 0.255 e. The largest absolute Gasteiger partial charge is 0.322 e. The minimum absolute atomic E-state index is 0.135. The molecule has 0 aliphatic carbocycles. The van der Waals surface area contributed by atoms with Gasteiger partial charge >= 0.3 is 0 Å². The summed E-state index contributed by atoms with van der Waals surface area (Å²) in [5, 5.41) is 5.57. The number of sulfonamides is 2. The van der Waals surface area contributed by atoms with Gasteiger partial charge in [0.1, 0.15) is 0 Å². The number of rotatable bonds is 16. The first-order chi connectivity index (χ1) is 22.4. The summed E-state index contributed by atoms with van der Waals surface area (Å²) in [4.78, 5) is 26.1. The predicted octanol–water partition coefficient (Wildman–Crippen LogP) is 6.80. The minimum Gasteiger partial charge on any atom is -0.322 e. The van der Waals surface area contributed by atoms with Crippen molar-refractivity contribution in [2.75, 3.05) is 36.8 Å². The second-order valence-corrected chi connectivity index (χ2v) is 17.6. The molecule has 3 aromatic carbocycles. The van der Waals surface area contributed by atoms with Gasteiger partial charge in [-0.1, -0.05) is 55.4 Å². The van der Waals surface area contributed by atoms with Gasteiger partial charge in [-0.3, -0.25) is 9.59 Å². The zero-order valence-electron chi connectivity index (χ0n) is 29.2. The first-order valence-corrected chi connectivity index (χ1v) is 19.2. The van der Waals surface area contributed by atoms with E-state index in [1.165, 1.54) is 57.1 Å². The molecule has 0 bridgehead atoms. The van der Waals surface area contributed by atoms with E-state index in [1.807, 2.05) is 55.4 Å². The van der Waals surface area contributed by atoms with Gasteiger partial charge in [0.2, 0.25) is 20.0 Å². The van der Waals surface area contributed by atoms with E-state index in [2.05, 4.69) is 10.6 Å². The van der Waals surface area contributed by atoms with E-state index in [-0.39, 0.29) is 33.5 Å². The Balaban J connectivity index is 1.64. The normalized spacial score (nSPS) is 12.5. The zero-order valence-corrected chi connectivity index (χ0v) is 30.9. The smallest absolute Gasteiger partial charge is 0.255 e. The number of carbonyl (C=O) groups excluding carboxylic acids is 2. The van der Waals surface area contributed by atoms with E-state index in [9.17, 15) is 26.4 Å². The van der Waals surface area contributed by atoms with Crippen molar-refractivity contribution in [1.82, 2.24) is 8.61 Å². The second-order valence-electron chi connectivity index (χ2n) is 13.8. The Morgan fingerprint density at radius 3 is 0.958 bits per heavy atom. The SMILES string of the molecule is CC(C)CN(CC(C)C)S(=O)(=O)c1ccc(C(=O)Nc2ccc(NC(=O)c3ccc(S(=O)(=O)N(CC(C)C)CC(C)C)cc3)cc2)cc1. The fourth-order valence-electron chi connectivity index (χ4n) is 5.07. The number of hydrogen-bond acceptors (Lipinski definition) is 6. The van der Waals surface area contributed by atoms with Crippen molar-refractivity contribution in [2.24, 2.45) is 23.7 Å². The number of carbonyl (C=O) groups is 2. The van der Waals surface area contributed by atoms with Crippen LogP contribution in [0.25, 0.3) is 0 Å². The van der Waals surface area contributed by atoms with E-state index in [0.717, 1.165) is 0 Å². The fraction of sp³-hybridized carbons (Fsp3) is 0.444. The predicted molar refractivity (Wildman–Crippen MR) is 192 cm³/mol. The molecule has 12 heteroatoms. The Kier molecular flexibility index (Phi) is 13.5. The summed E-state index contributed by atoms with van der Waals surface area (Å²) in [6, 6.07) is 18.3. The highest BCUT2D eigenvalue weighted by atomic mass is 32.2. The molecule has 3 rings (SSSR count). The Hall–Kier alpha value is -3.58. The second kappa shape index (κ2) is 16.7. The molecule has 0 radical (unpaired) electrons. The summed E-state index contributed by atoms with van der Waals surface area (Å²) in [6.45, 7) is 17.4. The topological polar surface area (TPSA) is 133 Å². The van der Waals surface area contributed by atoms with Crippen molar-refractivity contribution < 1.29 is 26.4 Å². The van der Waals surface area contributed by atoms with Crippen LogP contribution in [0.1, 0.15) is 76.1 Å².